The number of amides is 3. The minimum absolute atomic E-state index is 0.00254. The summed E-state index contributed by atoms with van der Waals surface area (Å²) in [6.45, 7) is 21.8. The Kier molecular flexibility index (Phi) is 9.19. The smallest absolute Gasteiger partial charge is 0.247 e. The highest BCUT2D eigenvalue weighted by Gasteiger charge is 2.76. The number of nitrogens with zero attached hydrogens (tertiary/aromatic N) is 3. The summed E-state index contributed by atoms with van der Waals surface area (Å²) in [4.78, 5) is 48.0. The molecule has 0 aromatic carbocycles. The van der Waals surface area contributed by atoms with Crippen LogP contribution in [0.15, 0.2) is 25.3 Å². The molecule has 0 radical (unpaired) electrons. The Bertz CT molecular complexity index is 944. The number of carbonyl (C=O) groups excluding carboxylic acids is 3. The van der Waals surface area contributed by atoms with Crippen LogP contribution in [-0.4, -0.2) is 92.4 Å². The molecule has 0 saturated carbocycles. The molecule has 2 bridgehead atoms. The lowest BCUT2D eigenvalue weighted by molar-refractivity contribution is -0.147. The number of hydrogen-bond acceptors (Lipinski definition) is 5. The molecule has 3 aliphatic heterocycles. The third-order valence-electron chi connectivity index (χ3n) is 8.62. The molecule has 3 rings (SSSR count). The first-order chi connectivity index (χ1) is 17.7. The summed E-state index contributed by atoms with van der Waals surface area (Å²) >= 11 is 1.71. The maximum Gasteiger partial charge on any atom is 0.247 e. The van der Waals surface area contributed by atoms with Crippen LogP contribution in [0.3, 0.4) is 0 Å². The van der Waals surface area contributed by atoms with Crippen LogP contribution in [0.5, 0.6) is 0 Å². The number of aliphatic hydroxyl groups is 1. The van der Waals surface area contributed by atoms with Crippen molar-refractivity contribution >= 4 is 29.5 Å². The third-order valence-corrected chi connectivity index (χ3v) is 10.7. The molecule has 38 heavy (non-hydrogen) atoms. The first-order valence-corrected chi connectivity index (χ1v) is 14.9. The van der Waals surface area contributed by atoms with E-state index in [9.17, 15) is 19.5 Å². The van der Waals surface area contributed by atoms with E-state index >= 15 is 0 Å². The van der Waals surface area contributed by atoms with Crippen molar-refractivity contribution in [1.82, 2.24) is 14.7 Å². The van der Waals surface area contributed by atoms with Crippen molar-refractivity contribution in [3.05, 3.63) is 25.3 Å². The zero-order valence-electron chi connectivity index (χ0n) is 24.5. The number of unbranched alkanes of at least 4 members (excludes halogenated alkanes) is 1. The highest BCUT2D eigenvalue weighted by molar-refractivity contribution is 8.02. The van der Waals surface area contributed by atoms with Crippen LogP contribution in [0.4, 0.5) is 0 Å². The molecule has 3 heterocycles. The van der Waals surface area contributed by atoms with Crippen LogP contribution in [-0.2, 0) is 14.4 Å². The molecule has 6 atom stereocenters. The van der Waals surface area contributed by atoms with E-state index in [1.807, 2.05) is 4.90 Å². The Balaban J connectivity index is 2.10. The van der Waals surface area contributed by atoms with Gasteiger partial charge in [0.2, 0.25) is 17.7 Å². The van der Waals surface area contributed by atoms with E-state index in [1.165, 1.54) is 0 Å². The van der Waals surface area contributed by atoms with E-state index < -0.39 is 28.2 Å². The molecule has 214 valence electrons. The molecule has 3 saturated heterocycles. The highest BCUT2D eigenvalue weighted by atomic mass is 32.2. The van der Waals surface area contributed by atoms with E-state index in [4.69, 9.17) is 0 Å². The second-order valence-corrected chi connectivity index (χ2v) is 14.9. The summed E-state index contributed by atoms with van der Waals surface area (Å²) in [5.74, 6) is -1.02. The van der Waals surface area contributed by atoms with E-state index in [0.29, 0.717) is 32.5 Å². The Morgan fingerprint density at radius 2 is 1.76 bits per heavy atom. The molecule has 8 heteroatoms. The van der Waals surface area contributed by atoms with Crippen molar-refractivity contribution in [2.24, 2.45) is 23.2 Å². The van der Waals surface area contributed by atoms with Gasteiger partial charge in [0.1, 0.15) is 6.04 Å². The van der Waals surface area contributed by atoms with Gasteiger partial charge in [-0.15, -0.1) is 24.9 Å². The second kappa shape index (κ2) is 11.4. The monoisotopic (exact) mass is 547 g/mol. The maximum atomic E-state index is 14.8. The van der Waals surface area contributed by atoms with Crippen LogP contribution in [0, 0.1) is 23.2 Å². The van der Waals surface area contributed by atoms with Crippen LogP contribution in [0.1, 0.15) is 67.2 Å². The van der Waals surface area contributed by atoms with E-state index in [-0.39, 0.29) is 40.9 Å². The Hall–Kier alpha value is -1.80. The minimum Gasteiger partial charge on any atom is -0.396 e. The van der Waals surface area contributed by atoms with Gasteiger partial charge in [-0.1, -0.05) is 39.8 Å². The fraction of sp³-hybridized carbons (Fsp3) is 0.767. The predicted molar refractivity (Wildman–Crippen MR) is 155 cm³/mol. The molecule has 1 spiro atoms. The molecule has 0 aromatic heterocycles. The molecular weight excluding hydrogens is 498 g/mol. The Morgan fingerprint density at radius 1 is 1.13 bits per heavy atom. The average Bonchev–Trinajstić information content (AvgIpc) is 3.39. The van der Waals surface area contributed by atoms with Crippen molar-refractivity contribution in [2.45, 2.75) is 88.8 Å². The van der Waals surface area contributed by atoms with E-state index in [1.54, 1.807) is 40.8 Å². The normalized spacial score (nSPS) is 30.4. The fourth-order valence-corrected chi connectivity index (χ4v) is 9.97. The number of carbonyl (C=O) groups is 3. The summed E-state index contributed by atoms with van der Waals surface area (Å²) < 4.78 is -0.648. The first kappa shape index (κ1) is 30.7. The standard InChI is InChI=1S/C30H49N3O4S/c1-10-14-31(9)25(35)22-21-18-20(3)30(38-21)23(22)26(36)32(16-12-13-17-34)24(30)27(37)33(15-11-2)29(7,8)19-28(4,5)6/h10-11,20-24,34H,1-2,12-19H2,3-9H3/t20?,21-,22+,23-,24?,30?/m0/s1. The Morgan fingerprint density at radius 3 is 2.32 bits per heavy atom. The van der Waals surface area contributed by atoms with Gasteiger partial charge in [0.05, 0.1) is 16.6 Å². The summed E-state index contributed by atoms with van der Waals surface area (Å²) in [5.41, 5.74) is -0.459. The lowest BCUT2D eigenvalue weighted by Gasteiger charge is -2.47. The van der Waals surface area contributed by atoms with Gasteiger partial charge < -0.3 is 19.8 Å². The topological polar surface area (TPSA) is 81.2 Å². The van der Waals surface area contributed by atoms with Crippen molar-refractivity contribution in [1.29, 1.82) is 0 Å². The van der Waals surface area contributed by atoms with Crippen LogP contribution in [0.2, 0.25) is 0 Å². The summed E-state index contributed by atoms with van der Waals surface area (Å²) in [5, 5.41) is 9.45. The van der Waals surface area contributed by atoms with Gasteiger partial charge in [0.25, 0.3) is 0 Å². The summed E-state index contributed by atoms with van der Waals surface area (Å²) in [6, 6.07) is -0.648. The molecule has 3 fully saturated rings. The quantitative estimate of drug-likeness (QED) is 0.295. The molecule has 1 N–H and O–H groups in total. The third kappa shape index (κ3) is 5.32. The SMILES string of the molecule is C=CCN(C)C(=O)[C@@H]1[C@@H]2CC(C)C3(S2)C(C(=O)N(CC=C)C(C)(C)CC(C)(C)C)N(CCCCO)C(=O)[C@H]13. The average molecular weight is 548 g/mol. The van der Waals surface area contributed by atoms with E-state index in [2.05, 4.69) is 54.7 Å². The lowest BCUT2D eigenvalue weighted by Crippen LogP contribution is -2.61. The number of aliphatic hydroxyl groups excluding tert-OH is 1. The van der Waals surface area contributed by atoms with Crippen molar-refractivity contribution in [3.8, 4) is 0 Å². The van der Waals surface area contributed by atoms with Gasteiger partial charge in [-0.25, -0.2) is 0 Å². The number of likely N-dealkylation sites (N-methyl/N-ethyl adjacent to an activating group) is 1. The molecule has 3 unspecified atom stereocenters. The minimum atomic E-state index is -0.648. The number of fused-ring (bicyclic) bond motifs is 1. The van der Waals surface area contributed by atoms with Gasteiger partial charge in [-0.05, 0) is 50.9 Å². The number of thioether (sulfide) groups is 1. The first-order valence-electron chi connectivity index (χ1n) is 14.0. The molecule has 3 amide bonds. The van der Waals surface area contributed by atoms with Crippen LogP contribution in [0.25, 0.3) is 0 Å². The van der Waals surface area contributed by atoms with Gasteiger partial charge in [0.15, 0.2) is 0 Å². The van der Waals surface area contributed by atoms with Crippen molar-refractivity contribution in [3.63, 3.8) is 0 Å². The molecule has 7 nitrogen and oxygen atoms in total. The van der Waals surface area contributed by atoms with Gasteiger partial charge in [0, 0.05) is 44.1 Å². The van der Waals surface area contributed by atoms with Gasteiger partial charge >= 0.3 is 0 Å². The van der Waals surface area contributed by atoms with Gasteiger partial charge in [-0.2, -0.15) is 0 Å². The largest absolute Gasteiger partial charge is 0.396 e. The zero-order valence-corrected chi connectivity index (χ0v) is 25.4. The number of likely N-dealkylation sites (tertiary alicyclic amines) is 1. The fourth-order valence-electron chi connectivity index (χ4n) is 7.56. The molecule has 3 aliphatic rings. The van der Waals surface area contributed by atoms with Gasteiger partial charge in [-0.3, -0.25) is 14.4 Å². The lowest BCUT2D eigenvalue weighted by atomic mass is 9.65. The van der Waals surface area contributed by atoms with E-state index in [0.717, 1.165) is 12.8 Å². The summed E-state index contributed by atoms with van der Waals surface area (Å²) in [6.07, 6.45) is 6.24. The summed E-state index contributed by atoms with van der Waals surface area (Å²) in [7, 11) is 1.76. The Labute approximate surface area is 234 Å². The molecule has 0 aromatic rings. The maximum absolute atomic E-state index is 14.8. The predicted octanol–water partition coefficient (Wildman–Crippen LogP) is 3.97. The molecule has 0 aliphatic carbocycles. The second-order valence-electron chi connectivity index (χ2n) is 13.3. The molecular formula is C30H49N3O4S. The highest BCUT2D eigenvalue weighted by Crippen LogP contribution is 2.69. The van der Waals surface area contributed by atoms with Crippen molar-refractivity contribution < 1.29 is 19.5 Å². The number of hydrogen-bond donors (Lipinski definition) is 1. The van der Waals surface area contributed by atoms with Crippen LogP contribution >= 0.6 is 11.8 Å². The van der Waals surface area contributed by atoms with Crippen LogP contribution < -0.4 is 0 Å². The van der Waals surface area contributed by atoms with Crippen molar-refractivity contribution in [2.75, 3.05) is 33.3 Å². The number of rotatable bonds is 12. The zero-order chi connectivity index (χ0) is 28.6.